The number of hydrogen-bond acceptors (Lipinski definition) is 5. The summed E-state index contributed by atoms with van der Waals surface area (Å²) < 4.78 is 0. The van der Waals surface area contributed by atoms with Gasteiger partial charge in [-0.2, -0.15) is 4.80 Å². The maximum Gasteiger partial charge on any atom is 0.176 e. The van der Waals surface area contributed by atoms with E-state index in [2.05, 4.69) is 20.8 Å². The van der Waals surface area contributed by atoms with Crippen LogP contribution in [0.4, 0.5) is 0 Å². The smallest absolute Gasteiger partial charge is 0.176 e. The molecule has 2 aromatic rings. The number of rotatable bonds is 5. The summed E-state index contributed by atoms with van der Waals surface area (Å²) >= 11 is 11.9. The second kappa shape index (κ2) is 6.29. The van der Waals surface area contributed by atoms with E-state index in [0.717, 1.165) is 5.56 Å². The Bertz CT molecular complexity index is 556. The highest BCUT2D eigenvalue weighted by Gasteiger charge is 2.13. The molecule has 0 bridgehead atoms. The molecule has 2 rings (SSSR count). The van der Waals surface area contributed by atoms with Gasteiger partial charge >= 0.3 is 0 Å². The van der Waals surface area contributed by atoms with Crippen molar-refractivity contribution in [3.63, 3.8) is 0 Å². The van der Waals surface area contributed by atoms with Crippen molar-refractivity contribution < 1.29 is 0 Å². The monoisotopic (exact) mass is 300 g/mol. The molecular formula is C11H14Cl2N6. The minimum Gasteiger partial charge on any atom is -0.271 e. The van der Waals surface area contributed by atoms with Gasteiger partial charge in [-0.15, -0.1) is 10.2 Å². The predicted molar refractivity (Wildman–Crippen MR) is 73.8 cm³/mol. The summed E-state index contributed by atoms with van der Waals surface area (Å²) in [6.07, 6.45) is 1.29. The van der Waals surface area contributed by atoms with Gasteiger partial charge in [0.25, 0.3) is 0 Å². The van der Waals surface area contributed by atoms with Crippen LogP contribution in [0.5, 0.6) is 0 Å². The van der Waals surface area contributed by atoms with Crippen LogP contribution in [0, 0.1) is 0 Å². The van der Waals surface area contributed by atoms with E-state index < -0.39 is 0 Å². The molecule has 1 unspecified atom stereocenters. The number of aromatic nitrogens is 4. The number of hydrogen-bond donors (Lipinski definition) is 2. The number of halogens is 2. The molecule has 0 aliphatic heterocycles. The Labute approximate surface area is 120 Å². The van der Waals surface area contributed by atoms with Gasteiger partial charge in [0.05, 0.1) is 17.1 Å². The first-order valence-electron chi connectivity index (χ1n) is 5.71. The van der Waals surface area contributed by atoms with E-state index in [9.17, 15) is 0 Å². The van der Waals surface area contributed by atoms with Gasteiger partial charge in [0, 0.05) is 12.5 Å². The lowest BCUT2D eigenvalue weighted by atomic mass is 10.0. The standard InChI is InChI=1S/C11H14Cl2N6/c1-19-17-11(16-18-19)6-8(15-14)4-7-2-3-9(12)10(13)5-7/h2-3,5,8,15H,4,6,14H2,1H3. The minimum atomic E-state index is 0.00134. The first kappa shape index (κ1) is 14.2. The Kier molecular flexibility index (Phi) is 4.71. The summed E-state index contributed by atoms with van der Waals surface area (Å²) in [6, 6.07) is 5.52. The summed E-state index contributed by atoms with van der Waals surface area (Å²) in [7, 11) is 1.72. The highest BCUT2D eigenvalue weighted by Crippen LogP contribution is 2.23. The van der Waals surface area contributed by atoms with Crippen molar-refractivity contribution in [3.8, 4) is 0 Å². The van der Waals surface area contributed by atoms with Gasteiger partial charge in [0.1, 0.15) is 0 Å². The van der Waals surface area contributed by atoms with E-state index in [4.69, 9.17) is 29.0 Å². The Morgan fingerprint density at radius 3 is 2.68 bits per heavy atom. The molecular weight excluding hydrogens is 287 g/mol. The zero-order valence-corrected chi connectivity index (χ0v) is 11.9. The molecule has 0 saturated carbocycles. The van der Waals surface area contributed by atoms with E-state index >= 15 is 0 Å². The molecule has 8 heteroatoms. The average Bonchev–Trinajstić information content (AvgIpc) is 2.78. The molecule has 0 saturated heterocycles. The van der Waals surface area contributed by atoms with Gasteiger partial charge in [0.15, 0.2) is 5.82 Å². The highest BCUT2D eigenvalue weighted by atomic mass is 35.5. The van der Waals surface area contributed by atoms with Crippen molar-refractivity contribution in [3.05, 3.63) is 39.6 Å². The van der Waals surface area contributed by atoms with Crippen LogP contribution in [-0.2, 0) is 19.9 Å². The number of aryl methyl sites for hydroxylation is 1. The van der Waals surface area contributed by atoms with Crippen LogP contribution in [0.25, 0.3) is 0 Å². The van der Waals surface area contributed by atoms with Crippen LogP contribution in [0.15, 0.2) is 18.2 Å². The van der Waals surface area contributed by atoms with Crippen molar-refractivity contribution in [1.29, 1.82) is 0 Å². The molecule has 1 aromatic heterocycles. The summed E-state index contributed by atoms with van der Waals surface area (Å²) in [4.78, 5) is 1.42. The second-order valence-electron chi connectivity index (χ2n) is 4.22. The Morgan fingerprint density at radius 1 is 1.32 bits per heavy atom. The van der Waals surface area contributed by atoms with E-state index in [0.29, 0.717) is 28.7 Å². The van der Waals surface area contributed by atoms with Crippen LogP contribution >= 0.6 is 23.2 Å². The van der Waals surface area contributed by atoms with Crippen molar-refractivity contribution in [2.24, 2.45) is 12.9 Å². The Morgan fingerprint density at radius 2 is 2.11 bits per heavy atom. The first-order valence-corrected chi connectivity index (χ1v) is 6.47. The van der Waals surface area contributed by atoms with Crippen molar-refractivity contribution in [2.75, 3.05) is 0 Å². The molecule has 1 atom stereocenters. The van der Waals surface area contributed by atoms with Gasteiger partial charge in [-0.1, -0.05) is 29.3 Å². The van der Waals surface area contributed by atoms with Gasteiger partial charge in [-0.05, 0) is 29.3 Å². The third kappa shape index (κ3) is 3.87. The fourth-order valence-corrected chi connectivity index (χ4v) is 2.09. The van der Waals surface area contributed by atoms with Crippen molar-refractivity contribution >= 4 is 23.2 Å². The molecule has 0 spiro atoms. The maximum absolute atomic E-state index is 5.98. The Balaban J connectivity index is 2.04. The van der Waals surface area contributed by atoms with Gasteiger partial charge < -0.3 is 0 Å². The first-order chi connectivity index (χ1) is 9.08. The molecule has 3 N–H and O–H groups in total. The zero-order chi connectivity index (χ0) is 13.8. The van der Waals surface area contributed by atoms with E-state index in [1.165, 1.54) is 4.80 Å². The number of nitrogens with one attached hydrogen (secondary N) is 1. The molecule has 1 heterocycles. The average molecular weight is 301 g/mol. The molecule has 0 radical (unpaired) electrons. The predicted octanol–water partition coefficient (Wildman–Crippen LogP) is 1.13. The molecule has 102 valence electrons. The van der Waals surface area contributed by atoms with Crippen molar-refractivity contribution in [1.82, 2.24) is 25.6 Å². The normalized spacial score (nSPS) is 12.6. The Hall–Kier alpha value is -1.21. The molecule has 1 aromatic carbocycles. The third-order valence-corrected chi connectivity index (χ3v) is 3.42. The number of benzene rings is 1. The SMILES string of the molecule is Cn1nnc(CC(Cc2ccc(Cl)c(Cl)c2)NN)n1. The summed E-state index contributed by atoms with van der Waals surface area (Å²) in [5.41, 5.74) is 3.79. The quantitative estimate of drug-likeness (QED) is 0.639. The van der Waals surface area contributed by atoms with E-state index in [-0.39, 0.29) is 6.04 Å². The number of hydrazine groups is 1. The lowest BCUT2D eigenvalue weighted by molar-refractivity contribution is 0.510. The summed E-state index contributed by atoms with van der Waals surface area (Å²) in [5.74, 6) is 6.20. The maximum atomic E-state index is 5.98. The second-order valence-corrected chi connectivity index (χ2v) is 5.03. The minimum absolute atomic E-state index is 0.00134. The molecule has 0 amide bonds. The topological polar surface area (TPSA) is 81.7 Å². The van der Waals surface area contributed by atoms with E-state index in [1.54, 1.807) is 13.1 Å². The zero-order valence-electron chi connectivity index (χ0n) is 10.3. The van der Waals surface area contributed by atoms with Gasteiger partial charge in [-0.25, -0.2) is 0 Å². The summed E-state index contributed by atoms with van der Waals surface area (Å²) in [5, 5.41) is 12.9. The third-order valence-electron chi connectivity index (χ3n) is 2.68. The number of nitrogens with two attached hydrogens (primary N) is 1. The highest BCUT2D eigenvalue weighted by molar-refractivity contribution is 6.42. The molecule has 0 fully saturated rings. The summed E-state index contributed by atoms with van der Waals surface area (Å²) in [6.45, 7) is 0. The van der Waals surface area contributed by atoms with Crippen LogP contribution < -0.4 is 11.3 Å². The van der Waals surface area contributed by atoms with Crippen molar-refractivity contribution in [2.45, 2.75) is 18.9 Å². The van der Waals surface area contributed by atoms with Crippen LogP contribution in [0.2, 0.25) is 10.0 Å². The van der Waals surface area contributed by atoms with Crippen LogP contribution in [0.1, 0.15) is 11.4 Å². The van der Waals surface area contributed by atoms with Crippen LogP contribution in [-0.4, -0.2) is 26.2 Å². The van der Waals surface area contributed by atoms with E-state index in [1.807, 2.05) is 12.1 Å². The number of tetrazole rings is 1. The number of nitrogens with zero attached hydrogens (tertiary/aromatic N) is 4. The largest absolute Gasteiger partial charge is 0.271 e. The van der Waals surface area contributed by atoms with Crippen LogP contribution in [0.3, 0.4) is 0 Å². The molecule has 0 aliphatic rings. The fourth-order valence-electron chi connectivity index (χ4n) is 1.77. The molecule has 19 heavy (non-hydrogen) atoms. The fraction of sp³-hybridized carbons (Fsp3) is 0.364. The molecule has 6 nitrogen and oxygen atoms in total. The molecule has 0 aliphatic carbocycles. The lowest BCUT2D eigenvalue weighted by Gasteiger charge is -2.14. The van der Waals surface area contributed by atoms with Gasteiger partial charge in [0.2, 0.25) is 0 Å². The lowest BCUT2D eigenvalue weighted by Crippen LogP contribution is -2.38. The van der Waals surface area contributed by atoms with Gasteiger partial charge in [-0.3, -0.25) is 11.3 Å².